The average Bonchev–Trinajstić information content (AvgIpc) is 3.10. The molecule has 1 saturated heterocycles. The van der Waals surface area contributed by atoms with Gasteiger partial charge in [-0.25, -0.2) is 13.4 Å². The smallest absolute Gasteiger partial charge is 0.194 e. The topological polar surface area (TPSA) is 92.5 Å². The van der Waals surface area contributed by atoms with E-state index in [0.717, 1.165) is 11.5 Å². The van der Waals surface area contributed by atoms with E-state index in [1.807, 2.05) is 46.7 Å². The zero-order valence-corrected chi connectivity index (χ0v) is 19.5. The molecular weight excluding hydrogens is 491 g/mol. The van der Waals surface area contributed by atoms with Crippen molar-refractivity contribution in [2.24, 2.45) is 4.99 Å². The van der Waals surface area contributed by atoms with Gasteiger partial charge in [-0.05, 0) is 32.9 Å². The first-order chi connectivity index (χ1) is 12.8. The average molecular weight is 518 g/mol. The standard InChI is InChI=1S/C18H26N6O2S.HI/c1-4-19-17(23-10-11-27(25,26)18(2,3)13-23)20-12-16-22-21-14-24(16)15-8-6-5-7-9-15;/h5-9,14H,4,10-13H2,1-3H3,(H,19,20);1H. The van der Waals surface area contributed by atoms with E-state index >= 15 is 0 Å². The van der Waals surface area contributed by atoms with Gasteiger partial charge in [-0.15, -0.1) is 34.2 Å². The number of nitrogens with zero attached hydrogens (tertiary/aromatic N) is 5. The van der Waals surface area contributed by atoms with Crippen molar-refractivity contribution in [2.45, 2.75) is 32.1 Å². The number of hydrogen-bond acceptors (Lipinski definition) is 5. The minimum absolute atomic E-state index is 0. The highest BCUT2D eigenvalue weighted by atomic mass is 127. The van der Waals surface area contributed by atoms with Crippen LogP contribution >= 0.6 is 24.0 Å². The number of hydrogen-bond donors (Lipinski definition) is 1. The van der Waals surface area contributed by atoms with Gasteiger partial charge >= 0.3 is 0 Å². The summed E-state index contributed by atoms with van der Waals surface area (Å²) in [5, 5.41) is 11.5. The van der Waals surface area contributed by atoms with Crippen LogP contribution in [-0.2, 0) is 16.4 Å². The molecule has 1 aromatic heterocycles. The molecule has 154 valence electrons. The van der Waals surface area contributed by atoms with Gasteiger partial charge in [-0.3, -0.25) is 4.57 Å². The number of nitrogens with one attached hydrogen (secondary N) is 1. The molecule has 1 aliphatic heterocycles. The van der Waals surface area contributed by atoms with E-state index in [9.17, 15) is 8.42 Å². The zero-order chi connectivity index (χ0) is 19.5. The van der Waals surface area contributed by atoms with Crippen LogP contribution in [0.3, 0.4) is 0 Å². The first-order valence-electron chi connectivity index (χ1n) is 9.04. The summed E-state index contributed by atoms with van der Waals surface area (Å²) in [5.74, 6) is 1.55. The van der Waals surface area contributed by atoms with Crippen molar-refractivity contribution in [3.63, 3.8) is 0 Å². The first kappa shape index (κ1) is 22.6. The monoisotopic (exact) mass is 518 g/mol. The van der Waals surface area contributed by atoms with E-state index in [4.69, 9.17) is 4.99 Å². The van der Waals surface area contributed by atoms with E-state index < -0.39 is 14.6 Å². The molecule has 0 bridgehead atoms. The molecule has 0 atom stereocenters. The third-order valence-corrected chi connectivity index (χ3v) is 7.23. The Labute approximate surface area is 183 Å². The summed E-state index contributed by atoms with van der Waals surface area (Å²) < 4.78 is 25.6. The molecule has 1 N–H and O–H groups in total. The molecule has 1 fully saturated rings. The molecule has 10 heteroatoms. The summed E-state index contributed by atoms with van der Waals surface area (Å²) in [5.41, 5.74) is 0.975. The molecule has 0 unspecified atom stereocenters. The fourth-order valence-electron chi connectivity index (χ4n) is 3.07. The van der Waals surface area contributed by atoms with Crippen LogP contribution in [0.5, 0.6) is 0 Å². The minimum Gasteiger partial charge on any atom is -0.357 e. The van der Waals surface area contributed by atoms with Crippen LogP contribution in [0.4, 0.5) is 0 Å². The van der Waals surface area contributed by atoms with Crippen LogP contribution in [-0.4, -0.2) is 64.2 Å². The van der Waals surface area contributed by atoms with Crippen molar-refractivity contribution < 1.29 is 8.42 Å². The summed E-state index contributed by atoms with van der Waals surface area (Å²) in [6.07, 6.45) is 1.67. The number of halogens is 1. The van der Waals surface area contributed by atoms with Crippen molar-refractivity contribution in [1.82, 2.24) is 25.0 Å². The third kappa shape index (κ3) is 4.83. The summed E-state index contributed by atoms with van der Waals surface area (Å²) in [7, 11) is -3.09. The second-order valence-electron chi connectivity index (χ2n) is 7.12. The summed E-state index contributed by atoms with van der Waals surface area (Å²) in [6, 6.07) is 9.85. The fraction of sp³-hybridized carbons (Fsp3) is 0.500. The van der Waals surface area contributed by atoms with Crippen molar-refractivity contribution in [3.8, 4) is 5.69 Å². The highest BCUT2D eigenvalue weighted by Crippen LogP contribution is 2.23. The van der Waals surface area contributed by atoms with Crippen molar-refractivity contribution >= 4 is 39.8 Å². The van der Waals surface area contributed by atoms with E-state index in [0.29, 0.717) is 32.1 Å². The number of guanidine groups is 1. The van der Waals surface area contributed by atoms with Gasteiger partial charge in [-0.2, -0.15) is 0 Å². The number of aromatic nitrogens is 3. The van der Waals surface area contributed by atoms with E-state index in [2.05, 4.69) is 15.5 Å². The molecule has 8 nitrogen and oxygen atoms in total. The van der Waals surface area contributed by atoms with Crippen molar-refractivity contribution in [1.29, 1.82) is 0 Å². The maximum Gasteiger partial charge on any atom is 0.194 e. The molecular formula is C18H27IN6O2S. The number of benzene rings is 1. The van der Waals surface area contributed by atoms with Crippen LogP contribution in [0.15, 0.2) is 41.7 Å². The lowest BCUT2D eigenvalue weighted by Gasteiger charge is -2.39. The van der Waals surface area contributed by atoms with Crippen molar-refractivity contribution in [3.05, 3.63) is 42.5 Å². The predicted molar refractivity (Wildman–Crippen MR) is 121 cm³/mol. The lowest BCUT2D eigenvalue weighted by molar-refractivity contribution is 0.353. The molecule has 1 aromatic carbocycles. The number of para-hydroxylation sites is 1. The maximum absolute atomic E-state index is 12.3. The molecule has 1 aliphatic rings. The fourth-order valence-corrected chi connectivity index (χ4v) is 4.43. The molecule has 0 amide bonds. The number of aliphatic imine (C=N–C) groups is 1. The Morgan fingerprint density at radius 2 is 2.00 bits per heavy atom. The van der Waals surface area contributed by atoms with Crippen LogP contribution in [0.25, 0.3) is 5.69 Å². The molecule has 0 spiro atoms. The maximum atomic E-state index is 12.3. The second-order valence-corrected chi connectivity index (χ2v) is 9.87. The summed E-state index contributed by atoms with van der Waals surface area (Å²) in [4.78, 5) is 6.70. The van der Waals surface area contributed by atoms with Crippen LogP contribution < -0.4 is 5.32 Å². The van der Waals surface area contributed by atoms with Gasteiger partial charge in [0.25, 0.3) is 0 Å². The Morgan fingerprint density at radius 3 is 2.64 bits per heavy atom. The molecule has 28 heavy (non-hydrogen) atoms. The first-order valence-corrected chi connectivity index (χ1v) is 10.7. The summed E-state index contributed by atoms with van der Waals surface area (Å²) >= 11 is 0. The highest BCUT2D eigenvalue weighted by molar-refractivity contribution is 14.0. The van der Waals surface area contributed by atoms with Gasteiger partial charge in [0.05, 0.1) is 10.5 Å². The number of rotatable bonds is 4. The lowest BCUT2D eigenvalue weighted by Crippen LogP contribution is -2.57. The largest absolute Gasteiger partial charge is 0.357 e. The highest BCUT2D eigenvalue weighted by Gasteiger charge is 2.40. The van der Waals surface area contributed by atoms with Crippen molar-refractivity contribution in [2.75, 3.05) is 25.4 Å². The van der Waals surface area contributed by atoms with Gasteiger partial charge in [0, 0.05) is 25.3 Å². The SMILES string of the molecule is CCNC(=NCc1nncn1-c1ccccc1)N1CCS(=O)(=O)C(C)(C)C1.I. The van der Waals surface area contributed by atoms with Gasteiger partial charge in [-0.1, -0.05) is 18.2 Å². The van der Waals surface area contributed by atoms with Gasteiger partial charge in [0.1, 0.15) is 12.9 Å². The molecule has 2 aromatic rings. The van der Waals surface area contributed by atoms with E-state index in [1.165, 1.54) is 0 Å². The molecule has 0 saturated carbocycles. The van der Waals surface area contributed by atoms with E-state index in [-0.39, 0.29) is 29.7 Å². The quantitative estimate of drug-likeness (QED) is 0.378. The Morgan fingerprint density at radius 1 is 1.29 bits per heavy atom. The minimum atomic E-state index is -3.09. The van der Waals surface area contributed by atoms with Crippen LogP contribution in [0, 0.1) is 0 Å². The molecule has 0 radical (unpaired) electrons. The Kier molecular flexibility index (Phi) is 7.43. The zero-order valence-electron chi connectivity index (χ0n) is 16.4. The Hall–Kier alpha value is -1.69. The molecule has 2 heterocycles. The van der Waals surface area contributed by atoms with Gasteiger partial charge in [0.2, 0.25) is 0 Å². The number of sulfone groups is 1. The Bertz CT molecular complexity index is 911. The summed E-state index contributed by atoms with van der Waals surface area (Å²) in [6.45, 7) is 7.42. The van der Waals surface area contributed by atoms with Crippen LogP contribution in [0.2, 0.25) is 0 Å². The normalized spacial score (nSPS) is 18.4. The van der Waals surface area contributed by atoms with Crippen LogP contribution in [0.1, 0.15) is 26.6 Å². The molecule has 3 rings (SSSR count). The lowest BCUT2D eigenvalue weighted by atomic mass is 10.2. The Balaban J connectivity index is 0.00000280. The predicted octanol–water partition coefficient (Wildman–Crippen LogP) is 1.86. The molecule has 0 aliphatic carbocycles. The van der Waals surface area contributed by atoms with Gasteiger partial charge in [0.15, 0.2) is 21.6 Å². The second kappa shape index (κ2) is 9.21. The van der Waals surface area contributed by atoms with Gasteiger partial charge < -0.3 is 10.2 Å². The van der Waals surface area contributed by atoms with E-state index in [1.54, 1.807) is 20.2 Å². The third-order valence-electron chi connectivity index (χ3n) is 4.70.